The number of benzene rings is 3. The minimum atomic E-state index is -0.354. The summed E-state index contributed by atoms with van der Waals surface area (Å²) in [6, 6.07) is 25.9. The molecule has 0 aliphatic heterocycles. The smallest absolute Gasteiger partial charge is 0.190 e. The molecule has 0 atom stereocenters. The first kappa shape index (κ1) is 16.0. The Kier molecular flexibility index (Phi) is 5.03. The molecule has 3 nitrogen and oxygen atoms in total. The highest BCUT2D eigenvalue weighted by molar-refractivity contribution is 7.80. The molecule has 0 spiro atoms. The van der Waals surface area contributed by atoms with Crippen molar-refractivity contribution < 1.29 is 4.39 Å². The minimum absolute atomic E-state index is 0.299. The molecule has 0 bridgehead atoms. The van der Waals surface area contributed by atoms with Crippen LogP contribution in [0.5, 0.6) is 0 Å². The van der Waals surface area contributed by atoms with E-state index in [0.29, 0.717) is 10.8 Å². The predicted octanol–water partition coefficient (Wildman–Crippen LogP) is 4.87. The fourth-order valence-electron chi connectivity index (χ4n) is 2.25. The molecule has 3 aromatic carbocycles. The van der Waals surface area contributed by atoms with Crippen LogP contribution in [0.15, 0.2) is 84.9 Å². The van der Waals surface area contributed by atoms with Gasteiger partial charge in [-0.25, -0.2) is 4.39 Å². The molecule has 120 valence electrons. The zero-order valence-corrected chi connectivity index (χ0v) is 13.6. The van der Waals surface area contributed by atoms with Crippen LogP contribution in [-0.2, 0) is 0 Å². The van der Waals surface area contributed by atoms with E-state index in [9.17, 15) is 4.39 Å². The van der Waals surface area contributed by atoms with Crippen LogP contribution in [0.3, 0.4) is 0 Å². The zero-order valence-electron chi connectivity index (χ0n) is 12.8. The monoisotopic (exact) mass is 337 g/mol. The summed E-state index contributed by atoms with van der Waals surface area (Å²) in [6.45, 7) is 0. The maximum absolute atomic E-state index is 13.8. The molecule has 0 aliphatic rings. The van der Waals surface area contributed by atoms with E-state index < -0.39 is 0 Å². The summed E-state index contributed by atoms with van der Waals surface area (Å²) in [5, 5.41) is 5.03. The molecular formula is C19H16FN3S. The molecule has 0 aromatic heterocycles. The number of para-hydroxylation sites is 3. The van der Waals surface area contributed by atoms with E-state index >= 15 is 0 Å². The molecule has 2 N–H and O–H groups in total. The van der Waals surface area contributed by atoms with Crippen LogP contribution in [0.4, 0.5) is 21.5 Å². The highest BCUT2D eigenvalue weighted by atomic mass is 32.1. The van der Waals surface area contributed by atoms with Crippen molar-refractivity contribution in [3.05, 3.63) is 90.7 Å². The van der Waals surface area contributed by atoms with E-state index in [1.165, 1.54) is 6.07 Å². The van der Waals surface area contributed by atoms with Crippen molar-refractivity contribution in [1.29, 1.82) is 0 Å². The molecule has 0 fully saturated rings. The SMILES string of the molecule is Fc1ccccc1NC(=S)NN(c1ccccc1)c1ccccc1. The van der Waals surface area contributed by atoms with Crippen LogP contribution >= 0.6 is 12.2 Å². The lowest BCUT2D eigenvalue weighted by molar-refractivity contribution is 0.632. The van der Waals surface area contributed by atoms with Crippen LogP contribution in [0, 0.1) is 5.82 Å². The number of hydrazine groups is 1. The summed E-state index contributed by atoms with van der Waals surface area (Å²) in [4.78, 5) is 0. The Balaban J connectivity index is 1.82. The molecule has 0 saturated heterocycles. The second-order valence-corrected chi connectivity index (χ2v) is 5.46. The van der Waals surface area contributed by atoms with Gasteiger partial charge in [-0.2, -0.15) is 0 Å². The number of anilines is 3. The van der Waals surface area contributed by atoms with Gasteiger partial charge in [0.05, 0.1) is 17.1 Å². The number of rotatable bonds is 4. The van der Waals surface area contributed by atoms with Crippen molar-refractivity contribution in [3.63, 3.8) is 0 Å². The van der Waals surface area contributed by atoms with Crippen LogP contribution < -0.4 is 15.8 Å². The zero-order chi connectivity index (χ0) is 16.8. The molecular weight excluding hydrogens is 321 g/mol. The standard InChI is InChI=1S/C19H16FN3S/c20-17-13-7-8-14-18(17)21-19(24)22-23(15-9-3-1-4-10-15)16-11-5-2-6-12-16/h1-14H,(H2,21,22,24). The van der Waals surface area contributed by atoms with Crippen molar-refractivity contribution >= 4 is 34.4 Å². The summed E-state index contributed by atoms with van der Waals surface area (Å²) < 4.78 is 13.8. The van der Waals surface area contributed by atoms with Crippen molar-refractivity contribution in [2.75, 3.05) is 10.3 Å². The van der Waals surface area contributed by atoms with Crippen LogP contribution in [0.2, 0.25) is 0 Å². The molecule has 3 aromatic rings. The Hall–Kier alpha value is -2.92. The molecule has 0 radical (unpaired) electrons. The fraction of sp³-hybridized carbons (Fsp3) is 0. The topological polar surface area (TPSA) is 27.3 Å². The molecule has 3 rings (SSSR count). The number of hydrogen-bond donors (Lipinski definition) is 2. The third-order valence-corrected chi connectivity index (χ3v) is 3.56. The van der Waals surface area contributed by atoms with Crippen LogP contribution in [0.25, 0.3) is 0 Å². The van der Waals surface area contributed by atoms with E-state index in [-0.39, 0.29) is 5.82 Å². The Labute approximate surface area is 145 Å². The van der Waals surface area contributed by atoms with Gasteiger partial charge in [-0.1, -0.05) is 48.5 Å². The van der Waals surface area contributed by atoms with E-state index in [2.05, 4.69) is 10.7 Å². The Morgan fingerprint density at radius 3 is 1.79 bits per heavy atom. The maximum Gasteiger partial charge on any atom is 0.190 e. The number of halogens is 1. The van der Waals surface area contributed by atoms with Gasteiger partial charge in [-0.3, -0.25) is 10.4 Å². The highest BCUT2D eigenvalue weighted by Crippen LogP contribution is 2.22. The van der Waals surface area contributed by atoms with E-state index in [0.717, 1.165) is 11.4 Å². The van der Waals surface area contributed by atoms with Gasteiger partial charge in [-0.05, 0) is 48.6 Å². The summed E-state index contributed by atoms with van der Waals surface area (Å²) in [6.07, 6.45) is 0. The first-order chi connectivity index (χ1) is 11.7. The van der Waals surface area contributed by atoms with Gasteiger partial charge >= 0.3 is 0 Å². The Morgan fingerprint density at radius 2 is 1.25 bits per heavy atom. The lowest BCUT2D eigenvalue weighted by atomic mass is 10.2. The predicted molar refractivity (Wildman–Crippen MR) is 101 cm³/mol. The number of thiocarbonyl (C=S) groups is 1. The second-order valence-electron chi connectivity index (χ2n) is 5.05. The lowest BCUT2D eigenvalue weighted by Crippen LogP contribution is -2.41. The van der Waals surface area contributed by atoms with E-state index in [1.807, 2.05) is 65.7 Å². The van der Waals surface area contributed by atoms with Gasteiger partial charge in [0.25, 0.3) is 0 Å². The van der Waals surface area contributed by atoms with E-state index in [1.54, 1.807) is 18.2 Å². The van der Waals surface area contributed by atoms with Crippen LogP contribution in [0.1, 0.15) is 0 Å². The minimum Gasteiger partial charge on any atom is -0.329 e. The molecule has 5 heteroatoms. The largest absolute Gasteiger partial charge is 0.329 e. The van der Waals surface area contributed by atoms with Gasteiger partial charge in [0.2, 0.25) is 0 Å². The first-order valence-electron chi connectivity index (χ1n) is 7.46. The normalized spacial score (nSPS) is 10.0. The molecule has 24 heavy (non-hydrogen) atoms. The van der Waals surface area contributed by atoms with Gasteiger partial charge in [-0.15, -0.1) is 0 Å². The van der Waals surface area contributed by atoms with Crippen molar-refractivity contribution in [3.8, 4) is 0 Å². The van der Waals surface area contributed by atoms with Crippen molar-refractivity contribution in [2.24, 2.45) is 0 Å². The maximum atomic E-state index is 13.8. The van der Waals surface area contributed by atoms with Gasteiger partial charge in [0.15, 0.2) is 5.11 Å². The molecule has 0 unspecified atom stereocenters. The summed E-state index contributed by atoms with van der Waals surface area (Å²) in [7, 11) is 0. The molecule has 0 amide bonds. The number of hydrogen-bond acceptors (Lipinski definition) is 2. The fourth-order valence-corrected chi connectivity index (χ4v) is 2.45. The summed E-state index contributed by atoms with van der Waals surface area (Å²) in [5.41, 5.74) is 5.28. The molecule has 0 saturated carbocycles. The third kappa shape index (κ3) is 3.88. The summed E-state index contributed by atoms with van der Waals surface area (Å²) >= 11 is 5.34. The number of nitrogens with zero attached hydrogens (tertiary/aromatic N) is 1. The summed E-state index contributed by atoms with van der Waals surface area (Å²) in [5.74, 6) is -0.354. The lowest BCUT2D eigenvalue weighted by Gasteiger charge is -2.27. The first-order valence-corrected chi connectivity index (χ1v) is 7.87. The second kappa shape index (κ2) is 7.57. The number of nitrogens with one attached hydrogen (secondary N) is 2. The van der Waals surface area contributed by atoms with Crippen molar-refractivity contribution in [1.82, 2.24) is 5.43 Å². The quantitative estimate of drug-likeness (QED) is 0.525. The molecule has 0 heterocycles. The Bertz CT molecular complexity index is 770. The average Bonchev–Trinajstić information content (AvgIpc) is 2.63. The van der Waals surface area contributed by atoms with Crippen molar-refractivity contribution in [2.45, 2.75) is 0 Å². The third-order valence-electron chi connectivity index (χ3n) is 3.36. The van der Waals surface area contributed by atoms with Crippen LogP contribution in [-0.4, -0.2) is 5.11 Å². The average molecular weight is 337 g/mol. The van der Waals surface area contributed by atoms with Gasteiger partial charge in [0, 0.05) is 0 Å². The Morgan fingerprint density at radius 1 is 0.750 bits per heavy atom. The van der Waals surface area contributed by atoms with E-state index in [4.69, 9.17) is 12.2 Å². The van der Waals surface area contributed by atoms with Gasteiger partial charge in [0.1, 0.15) is 5.82 Å². The van der Waals surface area contributed by atoms with Gasteiger partial charge < -0.3 is 5.32 Å². The highest BCUT2D eigenvalue weighted by Gasteiger charge is 2.11. The molecule has 0 aliphatic carbocycles.